The van der Waals surface area contributed by atoms with E-state index in [1.54, 1.807) is 0 Å². The van der Waals surface area contributed by atoms with Crippen LogP contribution >= 0.6 is 0 Å². The molecule has 0 aromatic heterocycles. The second kappa shape index (κ2) is 3.45. The van der Waals surface area contributed by atoms with E-state index < -0.39 is 17.6 Å². The lowest BCUT2D eigenvalue weighted by Crippen LogP contribution is -2.09. The molecule has 1 nitrogen and oxygen atoms in total. The van der Waals surface area contributed by atoms with Gasteiger partial charge in [0, 0.05) is 12.0 Å². The van der Waals surface area contributed by atoms with E-state index in [0.717, 1.165) is 12.1 Å². The van der Waals surface area contributed by atoms with Crippen LogP contribution in [0.2, 0.25) is 0 Å². The fourth-order valence-corrected chi connectivity index (χ4v) is 2.27. The molecule has 1 aromatic rings. The highest BCUT2D eigenvalue weighted by molar-refractivity contribution is 5.37. The summed E-state index contributed by atoms with van der Waals surface area (Å²) in [5, 5.41) is 0. The lowest BCUT2D eigenvalue weighted by atomic mass is 10.0. The van der Waals surface area contributed by atoms with E-state index in [0.29, 0.717) is 5.56 Å². The summed E-state index contributed by atoms with van der Waals surface area (Å²) in [6.45, 7) is 3.83. The van der Waals surface area contributed by atoms with Gasteiger partial charge < -0.3 is 5.73 Å². The fourth-order valence-electron chi connectivity index (χ4n) is 2.27. The maximum atomic E-state index is 13.4. The van der Waals surface area contributed by atoms with E-state index in [9.17, 15) is 17.6 Å². The second-order valence-electron chi connectivity index (χ2n) is 5.06. The molecule has 0 aliphatic heterocycles. The third-order valence-corrected chi connectivity index (χ3v) is 3.57. The molecule has 0 amide bonds. The molecule has 94 valence electrons. The highest BCUT2D eigenvalue weighted by Crippen LogP contribution is 2.57. The molecule has 1 fully saturated rings. The summed E-state index contributed by atoms with van der Waals surface area (Å²) in [5.74, 6) is -1.30. The van der Waals surface area contributed by atoms with Crippen molar-refractivity contribution in [1.82, 2.24) is 0 Å². The van der Waals surface area contributed by atoms with Gasteiger partial charge in [0.2, 0.25) is 0 Å². The van der Waals surface area contributed by atoms with Gasteiger partial charge in [0.1, 0.15) is 5.82 Å². The summed E-state index contributed by atoms with van der Waals surface area (Å²) in [7, 11) is 0. The largest absolute Gasteiger partial charge is 0.419 e. The van der Waals surface area contributed by atoms with Crippen LogP contribution in [-0.4, -0.2) is 6.04 Å². The molecular weight excluding hydrogens is 234 g/mol. The molecule has 0 saturated heterocycles. The number of hydrogen-bond donors (Lipinski definition) is 1. The molecule has 2 atom stereocenters. The first-order valence-corrected chi connectivity index (χ1v) is 5.28. The van der Waals surface area contributed by atoms with Crippen molar-refractivity contribution in [3.8, 4) is 0 Å². The molecule has 0 heterocycles. The molecule has 0 unspecified atom stereocenters. The molecule has 1 saturated carbocycles. The van der Waals surface area contributed by atoms with Gasteiger partial charge in [-0.3, -0.25) is 0 Å². The monoisotopic (exact) mass is 247 g/mol. The first-order chi connectivity index (χ1) is 7.65. The van der Waals surface area contributed by atoms with Crippen LogP contribution in [0.5, 0.6) is 0 Å². The van der Waals surface area contributed by atoms with Gasteiger partial charge in [-0.05, 0) is 23.1 Å². The molecule has 5 heteroatoms. The molecule has 1 aliphatic carbocycles. The maximum Gasteiger partial charge on any atom is 0.419 e. The van der Waals surface area contributed by atoms with Crippen LogP contribution in [-0.2, 0) is 6.18 Å². The summed E-state index contributed by atoms with van der Waals surface area (Å²) in [4.78, 5) is 0. The van der Waals surface area contributed by atoms with Gasteiger partial charge in [0.25, 0.3) is 0 Å². The van der Waals surface area contributed by atoms with Crippen molar-refractivity contribution < 1.29 is 17.6 Å². The number of rotatable bonds is 1. The molecule has 0 radical (unpaired) electrons. The minimum Gasteiger partial charge on any atom is -0.327 e. The summed E-state index contributed by atoms with van der Waals surface area (Å²) in [6.07, 6.45) is -4.65. The van der Waals surface area contributed by atoms with Gasteiger partial charge in [-0.2, -0.15) is 13.2 Å². The van der Waals surface area contributed by atoms with Crippen LogP contribution in [0.3, 0.4) is 0 Å². The van der Waals surface area contributed by atoms with Gasteiger partial charge in [-0.25, -0.2) is 4.39 Å². The van der Waals surface area contributed by atoms with Crippen molar-refractivity contribution in [2.45, 2.75) is 32.0 Å². The van der Waals surface area contributed by atoms with Crippen LogP contribution in [0, 0.1) is 11.2 Å². The Morgan fingerprint density at radius 2 is 1.76 bits per heavy atom. The molecule has 1 aromatic carbocycles. The minimum absolute atomic E-state index is 0.0701. The summed E-state index contributed by atoms with van der Waals surface area (Å²) < 4.78 is 50.4. The van der Waals surface area contributed by atoms with Crippen LogP contribution in [0.25, 0.3) is 0 Å². The predicted octanol–water partition coefficient (Wildman–Crippen LogP) is 3.30. The Bertz CT molecular complexity index is 450. The zero-order valence-electron chi connectivity index (χ0n) is 9.48. The Kier molecular flexibility index (Phi) is 2.51. The lowest BCUT2D eigenvalue weighted by Gasteiger charge is -2.09. The average molecular weight is 247 g/mol. The van der Waals surface area contributed by atoms with Crippen molar-refractivity contribution in [1.29, 1.82) is 0 Å². The van der Waals surface area contributed by atoms with E-state index in [2.05, 4.69) is 0 Å². The first kappa shape index (κ1) is 12.4. The summed E-state index contributed by atoms with van der Waals surface area (Å²) >= 11 is 0. The van der Waals surface area contributed by atoms with Gasteiger partial charge in [0.05, 0.1) is 5.56 Å². The lowest BCUT2D eigenvalue weighted by molar-refractivity contribution is -0.140. The fraction of sp³-hybridized carbons (Fsp3) is 0.500. The van der Waals surface area contributed by atoms with Gasteiger partial charge >= 0.3 is 6.18 Å². The topological polar surface area (TPSA) is 26.0 Å². The number of benzene rings is 1. The molecule has 0 bridgehead atoms. The molecule has 1 aliphatic rings. The predicted molar refractivity (Wildman–Crippen MR) is 55.9 cm³/mol. The third kappa shape index (κ3) is 1.92. The van der Waals surface area contributed by atoms with Crippen LogP contribution in [0.15, 0.2) is 18.2 Å². The highest BCUT2D eigenvalue weighted by Gasteiger charge is 2.56. The molecular formula is C12H13F4N. The van der Waals surface area contributed by atoms with Crippen molar-refractivity contribution in [3.05, 3.63) is 35.1 Å². The van der Waals surface area contributed by atoms with Gasteiger partial charge in [-0.1, -0.05) is 19.9 Å². The number of nitrogens with two attached hydrogens (primary N) is 1. The minimum atomic E-state index is -4.65. The van der Waals surface area contributed by atoms with E-state index in [1.807, 2.05) is 13.8 Å². The summed E-state index contributed by atoms with van der Waals surface area (Å²) in [5.41, 5.74) is 4.94. The third-order valence-electron chi connectivity index (χ3n) is 3.57. The number of halogens is 4. The van der Waals surface area contributed by atoms with Crippen molar-refractivity contribution >= 4 is 0 Å². The van der Waals surface area contributed by atoms with E-state index in [-0.39, 0.29) is 17.4 Å². The normalized spacial score (nSPS) is 27.0. The van der Waals surface area contributed by atoms with E-state index in [1.165, 1.54) is 6.07 Å². The quantitative estimate of drug-likeness (QED) is 0.757. The zero-order chi connectivity index (χ0) is 13.0. The molecule has 2 rings (SSSR count). The van der Waals surface area contributed by atoms with Gasteiger partial charge in [0.15, 0.2) is 0 Å². The highest BCUT2D eigenvalue weighted by atomic mass is 19.4. The molecule has 2 N–H and O–H groups in total. The van der Waals surface area contributed by atoms with Crippen molar-refractivity contribution in [2.75, 3.05) is 0 Å². The Hall–Kier alpha value is -1.10. The Morgan fingerprint density at radius 1 is 1.24 bits per heavy atom. The standard InChI is InChI=1S/C12H13F4N/c1-11(2)9(10(11)17)6-3-4-7(8(13)5-6)12(14,15)16/h3-5,9-10H,17H2,1-2H3/t9-,10-/m0/s1. The smallest absolute Gasteiger partial charge is 0.327 e. The van der Waals surface area contributed by atoms with E-state index in [4.69, 9.17) is 5.73 Å². The SMILES string of the molecule is CC1(C)[C@@H](N)[C@@H]1c1ccc(C(F)(F)F)c(F)c1. The number of alkyl halides is 3. The average Bonchev–Trinajstić information content (AvgIpc) is 2.63. The Balaban J connectivity index is 2.34. The van der Waals surface area contributed by atoms with E-state index >= 15 is 0 Å². The number of hydrogen-bond acceptors (Lipinski definition) is 1. The van der Waals surface area contributed by atoms with Crippen LogP contribution < -0.4 is 5.73 Å². The Labute approximate surface area is 96.6 Å². The molecule has 0 spiro atoms. The molecule has 17 heavy (non-hydrogen) atoms. The maximum absolute atomic E-state index is 13.4. The first-order valence-electron chi connectivity index (χ1n) is 5.28. The second-order valence-corrected chi connectivity index (χ2v) is 5.06. The van der Waals surface area contributed by atoms with Crippen LogP contribution in [0.1, 0.15) is 30.9 Å². The van der Waals surface area contributed by atoms with Crippen LogP contribution in [0.4, 0.5) is 17.6 Å². The zero-order valence-corrected chi connectivity index (χ0v) is 9.48. The van der Waals surface area contributed by atoms with Crippen molar-refractivity contribution in [2.24, 2.45) is 11.1 Å². The Morgan fingerprint density at radius 3 is 2.12 bits per heavy atom. The van der Waals surface area contributed by atoms with Gasteiger partial charge in [-0.15, -0.1) is 0 Å². The van der Waals surface area contributed by atoms with Crippen molar-refractivity contribution in [3.63, 3.8) is 0 Å². The summed E-state index contributed by atoms with van der Waals surface area (Å²) in [6, 6.07) is 2.91.